The Labute approximate surface area is 524 Å². The topological polar surface area (TPSA) is 265 Å². The lowest BCUT2D eigenvalue weighted by Crippen LogP contribution is -2.53. The zero-order valence-electron chi connectivity index (χ0n) is 52.1. The van der Waals surface area contributed by atoms with Crippen LogP contribution >= 0.6 is 0 Å². The second kappa shape index (κ2) is 32.1. The number of ether oxygens (including phenoxy) is 5. The van der Waals surface area contributed by atoms with Crippen LogP contribution < -0.4 is 19.5 Å². The maximum atomic E-state index is 15.0. The molecule has 1 saturated heterocycles. The molecule has 0 saturated carbocycles. The Kier molecular flexibility index (Phi) is 24.2. The van der Waals surface area contributed by atoms with Crippen LogP contribution in [-0.4, -0.2) is 169 Å². The third kappa shape index (κ3) is 18.5. The number of esters is 2. The van der Waals surface area contributed by atoms with E-state index in [0.29, 0.717) is 29.5 Å². The Morgan fingerprint density at radius 1 is 0.700 bits per heavy atom. The first-order valence-electron chi connectivity index (χ1n) is 30.1. The van der Waals surface area contributed by atoms with Gasteiger partial charge in [-0.25, -0.2) is 9.59 Å². The van der Waals surface area contributed by atoms with Crippen molar-refractivity contribution < 1.29 is 77.0 Å². The average Bonchev–Trinajstić information content (AvgIpc) is 1.14. The number of hydrogen-bond donors (Lipinski definition) is 3. The first-order chi connectivity index (χ1) is 43.1. The van der Waals surface area contributed by atoms with Crippen LogP contribution in [0, 0.1) is 11.3 Å². The number of fused-ring (bicyclic) bond motifs is 3. The van der Waals surface area contributed by atoms with Gasteiger partial charge in [0.05, 0.1) is 32.2 Å². The molecule has 90 heavy (non-hydrogen) atoms. The number of carbonyl (C=O) groups is 9. The Balaban J connectivity index is 1.22. The molecule has 3 N–H and O–H groups in total. The van der Waals surface area contributed by atoms with E-state index in [1.54, 1.807) is 79.8 Å². The van der Waals surface area contributed by atoms with Crippen molar-refractivity contribution in [3.63, 3.8) is 0 Å². The van der Waals surface area contributed by atoms with E-state index in [2.05, 4.69) is 5.32 Å². The van der Waals surface area contributed by atoms with Gasteiger partial charge in [-0.2, -0.15) is 0 Å². The molecule has 21 nitrogen and oxygen atoms in total. The van der Waals surface area contributed by atoms with Crippen LogP contribution in [0.5, 0.6) is 28.7 Å². The summed E-state index contributed by atoms with van der Waals surface area (Å²) < 4.78 is 28.8. The minimum atomic E-state index is -1.54. The summed E-state index contributed by atoms with van der Waals surface area (Å²) in [5.74, 6) is -6.93. The highest BCUT2D eigenvalue weighted by molar-refractivity contribution is 6.38. The van der Waals surface area contributed by atoms with Gasteiger partial charge >= 0.3 is 11.9 Å². The smallest absolute Gasteiger partial charge is 0.330 e. The van der Waals surface area contributed by atoms with Crippen molar-refractivity contribution in [2.24, 2.45) is 11.3 Å². The van der Waals surface area contributed by atoms with E-state index in [-0.39, 0.29) is 93.2 Å². The van der Waals surface area contributed by atoms with E-state index in [9.17, 15) is 53.4 Å². The molecule has 5 aromatic rings. The average molecular weight is 1240 g/mol. The van der Waals surface area contributed by atoms with Crippen LogP contribution in [-0.2, 0) is 78.3 Å². The number of methoxy groups -OCH3 is 2. The minimum absolute atomic E-state index is 0.0172. The second-order valence-electron chi connectivity index (χ2n) is 23.4. The predicted octanol–water partition coefficient (Wildman–Crippen LogP) is 6.72. The van der Waals surface area contributed by atoms with E-state index in [1.807, 2.05) is 36.4 Å². The van der Waals surface area contributed by atoms with E-state index in [0.717, 1.165) is 17.2 Å². The van der Waals surface area contributed by atoms with Crippen LogP contribution in [0.1, 0.15) is 86.3 Å². The Morgan fingerprint density at radius 3 is 2.06 bits per heavy atom. The summed E-state index contributed by atoms with van der Waals surface area (Å²) in [5, 5.41) is 24.3. The summed E-state index contributed by atoms with van der Waals surface area (Å²) in [7, 11) is 7.24. The van der Waals surface area contributed by atoms with Gasteiger partial charge in [0.1, 0.15) is 36.3 Å². The number of phenols is 2. The number of piperidine rings is 1. The Morgan fingerprint density at radius 2 is 1.38 bits per heavy atom. The number of nitrogens with zero attached hydrogens (tertiary/aromatic N) is 4. The number of Topliss-reactive ketones (excluding diaryl/α,β-unsaturated/α-hetero) is 2. The first-order valence-corrected chi connectivity index (χ1v) is 30.1. The normalized spacial score (nSPS) is 21.1. The van der Waals surface area contributed by atoms with Crippen LogP contribution in [0.3, 0.4) is 0 Å². The Bertz CT molecular complexity index is 3370. The number of hydrogen-bond acceptors (Lipinski definition) is 16. The van der Waals surface area contributed by atoms with E-state index in [4.69, 9.17) is 23.7 Å². The lowest BCUT2D eigenvalue weighted by Gasteiger charge is -2.36. The van der Waals surface area contributed by atoms with Gasteiger partial charge in [-0.1, -0.05) is 97.1 Å². The number of phenolic OH excluding ortho intramolecular Hbond substituents is 2. The number of carbonyl (C=O) groups excluding carboxylic acids is 9. The van der Waals surface area contributed by atoms with Crippen molar-refractivity contribution in [2.45, 2.75) is 102 Å². The van der Waals surface area contributed by atoms with Gasteiger partial charge in [0.25, 0.3) is 11.8 Å². The number of nitrogens with one attached hydrogen (secondary N) is 1. The third-order valence-electron chi connectivity index (χ3n) is 16.2. The van der Waals surface area contributed by atoms with Crippen molar-refractivity contribution in [3.05, 3.63) is 161 Å². The zero-order chi connectivity index (χ0) is 65.1. The molecule has 0 aromatic heterocycles. The zero-order valence-corrected chi connectivity index (χ0v) is 52.1. The molecule has 0 radical (unpaired) electrons. The largest absolute Gasteiger partial charge is 0.508 e. The Hall–Kier alpha value is -9.53. The number of likely N-dealkylation sites (N-methyl/N-ethyl adjacent to an activating group) is 3. The second-order valence-corrected chi connectivity index (χ2v) is 23.4. The molecule has 7 rings (SSSR count). The highest BCUT2D eigenvalue weighted by Crippen LogP contribution is 2.41. The van der Waals surface area contributed by atoms with Crippen molar-refractivity contribution >= 4 is 53.0 Å². The van der Waals surface area contributed by atoms with Gasteiger partial charge in [-0.15, -0.1) is 0 Å². The lowest BCUT2D eigenvalue weighted by atomic mass is 9.87. The van der Waals surface area contributed by atoms with Crippen LogP contribution in [0.4, 0.5) is 0 Å². The SMILES string of the molecule is COc1ccc(CC[C@H]2OC(=O)[C@@H]3CCCCN3C(=O)C(=O)C(C)(C)COC(=O)C=CCCN(C)C(=O)[C@@H](Cc3ccccc3)NC(=O)CN(C)C(=O)[C@@H](Cc3ccccc3)CC(=O)[C@H](Cc3ccc(O)cc3)N(C)C(=O)COc3cccc2c3)c(O)c1OC. The molecule has 2 bridgehead atoms. The molecule has 2 aliphatic rings. The summed E-state index contributed by atoms with van der Waals surface area (Å²) in [5.41, 5.74) is 1.37. The van der Waals surface area contributed by atoms with Gasteiger partial charge in [0.2, 0.25) is 29.3 Å². The van der Waals surface area contributed by atoms with Crippen LogP contribution in [0.25, 0.3) is 0 Å². The highest BCUT2D eigenvalue weighted by Gasteiger charge is 2.43. The number of benzene rings is 5. The molecule has 5 atom stereocenters. The lowest BCUT2D eigenvalue weighted by molar-refractivity contribution is -0.165. The standard InChI is InChI=1S/C69H81N5O16/c1-69(2)44-89-61(79)26-15-16-35-71(3)66(83)53(38-46-21-12-9-13-22-46)70-59(77)42-72(4)65(82)50(37-45-19-10-8-11-20-45)41-56(76)55(39-47-27-31-51(75)32-28-47)73(5)60(78)43-88-52-24-18-23-49(40-52)57(33-29-48-30-34-58(86-6)63(87-7)62(48)80)90-68(85)54-25-14-17-36-74(54)67(84)64(69)81/h8-13,15,18-24,26-28,30-32,34,40,50,53-55,57,75,80H,14,16-17,25,29,33,35-39,41-44H2,1-7H3,(H,70,77)/t50-,53+,54-,55-,57+/m0/s1. The summed E-state index contributed by atoms with van der Waals surface area (Å²) in [6, 6.07) is 30.5. The van der Waals surface area contributed by atoms with Crippen molar-refractivity contribution in [1.29, 1.82) is 0 Å². The maximum absolute atomic E-state index is 15.0. The number of amides is 5. The number of ketones is 2. The van der Waals surface area contributed by atoms with Crippen LogP contribution in [0.2, 0.25) is 0 Å². The van der Waals surface area contributed by atoms with E-state index in [1.165, 1.54) is 80.0 Å². The molecule has 21 heteroatoms. The number of rotatable bonds is 11. The van der Waals surface area contributed by atoms with Gasteiger partial charge in [0.15, 0.2) is 23.9 Å². The van der Waals surface area contributed by atoms with Crippen molar-refractivity contribution in [2.75, 3.05) is 68.2 Å². The van der Waals surface area contributed by atoms with Gasteiger partial charge in [-0.05, 0) is 123 Å². The highest BCUT2D eigenvalue weighted by atomic mass is 16.5. The monoisotopic (exact) mass is 1240 g/mol. The fourth-order valence-electron chi connectivity index (χ4n) is 10.9. The fraction of sp³-hybridized carbons (Fsp3) is 0.406. The molecular weight excluding hydrogens is 1150 g/mol. The molecule has 5 aromatic carbocycles. The number of aryl methyl sites for hydroxylation is 1. The molecule has 0 unspecified atom stereocenters. The molecule has 5 amide bonds. The molecule has 0 spiro atoms. The molecule has 2 aliphatic heterocycles. The van der Waals surface area contributed by atoms with Crippen molar-refractivity contribution in [3.8, 4) is 28.7 Å². The molecule has 478 valence electrons. The van der Waals surface area contributed by atoms with E-state index >= 15 is 0 Å². The first kappa shape index (κ1) is 68.0. The quantitative estimate of drug-likeness (QED) is 0.0915. The third-order valence-corrected chi connectivity index (χ3v) is 16.2. The van der Waals surface area contributed by atoms with Gasteiger partial charge < -0.3 is 58.8 Å². The summed E-state index contributed by atoms with van der Waals surface area (Å²) in [4.78, 5) is 133. The predicted molar refractivity (Wildman–Crippen MR) is 332 cm³/mol. The summed E-state index contributed by atoms with van der Waals surface area (Å²) in [6.45, 7) is 1.51. The molecule has 1 fully saturated rings. The fourth-order valence-corrected chi connectivity index (χ4v) is 10.9. The summed E-state index contributed by atoms with van der Waals surface area (Å²) >= 11 is 0. The maximum Gasteiger partial charge on any atom is 0.330 e. The van der Waals surface area contributed by atoms with Gasteiger partial charge in [0, 0.05) is 59.1 Å². The minimum Gasteiger partial charge on any atom is -0.508 e. The van der Waals surface area contributed by atoms with Gasteiger partial charge in [-0.3, -0.25) is 33.6 Å². The number of cyclic esters (lactones) is 2. The molecular formula is C69H81N5O16. The number of aromatic hydroxyl groups is 2. The van der Waals surface area contributed by atoms with Crippen LogP contribution in [0.15, 0.2) is 133 Å². The van der Waals surface area contributed by atoms with E-state index < -0.39 is 108 Å². The summed E-state index contributed by atoms with van der Waals surface area (Å²) in [6.07, 6.45) is 2.92. The van der Waals surface area contributed by atoms with Crippen molar-refractivity contribution in [1.82, 2.24) is 24.9 Å². The molecule has 0 aliphatic carbocycles. The molecule has 2 heterocycles.